The number of ether oxygens (including phenoxy) is 2. The molecular formula is C11H14O2. The molecule has 0 aromatic rings. The highest BCUT2D eigenvalue weighted by atomic mass is 16.7. The molecule has 0 aromatic heterocycles. The van der Waals surface area contributed by atoms with Gasteiger partial charge in [-0.1, -0.05) is 26.0 Å². The summed E-state index contributed by atoms with van der Waals surface area (Å²) in [5.74, 6) is 1.74. The predicted molar refractivity (Wildman–Crippen MR) is 50.7 cm³/mol. The molecule has 2 heteroatoms. The first kappa shape index (κ1) is 8.42. The second-order valence-corrected chi connectivity index (χ2v) is 3.66. The number of allylic oxidation sites excluding steroid dienone is 4. The first-order valence-electron chi connectivity index (χ1n) is 4.62. The highest BCUT2D eigenvalue weighted by Crippen LogP contribution is 2.33. The Hall–Kier alpha value is -1.18. The molecular weight excluding hydrogens is 164 g/mol. The molecule has 1 aliphatic heterocycles. The van der Waals surface area contributed by atoms with Crippen LogP contribution in [0.1, 0.15) is 20.3 Å². The van der Waals surface area contributed by atoms with E-state index in [9.17, 15) is 0 Å². The van der Waals surface area contributed by atoms with Crippen molar-refractivity contribution in [3.05, 3.63) is 35.8 Å². The zero-order valence-corrected chi connectivity index (χ0v) is 8.04. The molecule has 0 aromatic carbocycles. The van der Waals surface area contributed by atoms with Crippen molar-refractivity contribution in [2.24, 2.45) is 5.41 Å². The van der Waals surface area contributed by atoms with Gasteiger partial charge >= 0.3 is 0 Å². The van der Waals surface area contributed by atoms with E-state index in [1.54, 1.807) is 0 Å². The van der Waals surface area contributed by atoms with E-state index in [-0.39, 0.29) is 5.41 Å². The van der Waals surface area contributed by atoms with Gasteiger partial charge in [-0.3, -0.25) is 0 Å². The van der Waals surface area contributed by atoms with Gasteiger partial charge in [0.25, 0.3) is 0 Å². The third-order valence-electron chi connectivity index (χ3n) is 2.62. The summed E-state index contributed by atoms with van der Waals surface area (Å²) < 4.78 is 10.7. The van der Waals surface area contributed by atoms with Crippen molar-refractivity contribution < 1.29 is 9.47 Å². The van der Waals surface area contributed by atoms with Gasteiger partial charge in [0.05, 0.1) is 0 Å². The molecule has 1 saturated heterocycles. The molecule has 1 fully saturated rings. The van der Waals surface area contributed by atoms with Crippen LogP contribution in [0.25, 0.3) is 0 Å². The van der Waals surface area contributed by atoms with E-state index in [0.717, 1.165) is 17.9 Å². The van der Waals surface area contributed by atoms with Gasteiger partial charge in [-0.2, -0.15) is 0 Å². The summed E-state index contributed by atoms with van der Waals surface area (Å²) in [6.07, 6.45) is 9.38. The van der Waals surface area contributed by atoms with Gasteiger partial charge in [0, 0.05) is 5.41 Å². The summed E-state index contributed by atoms with van der Waals surface area (Å²) in [6, 6.07) is 0. The van der Waals surface area contributed by atoms with Crippen molar-refractivity contribution in [3.8, 4) is 0 Å². The number of rotatable bonds is 1. The second-order valence-electron chi connectivity index (χ2n) is 3.66. The summed E-state index contributed by atoms with van der Waals surface area (Å²) >= 11 is 0. The summed E-state index contributed by atoms with van der Waals surface area (Å²) in [5, 5.41) is 0. The molecule has 0 N–H and O–H groups in total. The van der Waals surface area contributed by atoms with Gasteiger partial charge in [0.1, 0.15) is 0 Å². The third-order valence-corrected chi connectivity index (χ3v) is 2.62. The number of hydrogen-bond acceptors (Lipinski definition) is 2. The van der Waals surface area contributed by atoms with Gasteiger partial charge in [-0.15, -0.1) is 0 Å². The summed E-state index contributed by atoms with van der Waals surface area (Å²) in [5.41, 5.74) is 0.0985. The Labute approximate surface area is 78.5 Å². The smallest absolute Gasteiger partial charge is 0.231 e. The van der Waals surface area contributed by atoms with E-state index >= 15 is 0 Å². The van der Waals surface area contributed by atoms with Crippen LogP contribution in [0, 0.1) is 5.41 Å². The molecule has 1 aliphatic carbocycles. The maximum Gasteiger partial charge on any atom is 0.231 e. The molecule has 0 bridgehead atoms. The van der Waals surface area contributed by atoms with Crippen molar-refractivity contribution in [2.45, 2.75) is 20.3 Å². The SMILES string of the molecule is CCC1(C)C=CC=C2OCOC2=C1. The van der Waals surface area contributed by atoms with E-state index < -0.39 is 0 Å². The van der Waals surface area contributed by atoms with Gasteiger partial charge < -0.3 is 9.47 Å². The number of hydrogen-bond donors (Lipinski definition) is 0. The van der Waals surface area contributed by atoms with Crippen molar-refractivity contribution in [1.29, 1.82) is 0 Å². The second kappa shape index (κ2) is 2.95. The fraction of sp³-hybridized carbons (Fsp3) is 0.455. The molecule has 1 heterocycles. The molecule has 1 unspecified atom stereocenters. The highest BCUT2D eigenvalue weighted by molar-refractivity contribution is 5.33. The zero-order chi connectivity index (χ0) is 9.31. The zero-order valence-electron chi connectivity index (χ0n) is 8.04. The molecule has 0 saturated carbocycles. The number of fused-ring (bicyclic) bond motifs is 1. The molecule has 1 atom stereocenters. The maximum absolute atomic E-state index is 5.36. The summed E-state index contributed by atoms with van der Waals surface area (Å²) in [6.45, 7) is 4.71. The van der Waals surface area contributed by atoms with E-state index in [0.29, 0.717) is 6.79 Å². The molecule has 2 rings (SSSR count). The van der Waals surface area contributed by atoms with Crippen molar-refractivity contribution in [3.63, 3.8) is 0 Å². The maximum atomic E-state index is 5.36. The van der Waals surface area contributed by atoms with Crippen LogP contribution in [0.15, 0.2) is 35.8 Å². The lowest BCUT2D eigenvalue weighted by atomic mass is 9.87. The molecule has 2 aliphatic rings. The molecule has 0 radical (unpaired) electrons. The lowest BCUT2D eigenvalue weighted by Gasteiger charge is -2.18. The fourth-order valence-corrected chi connectivity index (χ4v) is 1.46. The molecule has 70 valence electrons. The predicted octanol–water partition coefficient (Wildman–Crippen LogP) is 2.74. The summed E-state index contributed by atoms with van der Waals surface area (Å²) in [4.78, 5) is 0. The van der Waals surface area contributed by atoms with E-state index in [2.05, 4.69) is 26.0 Å². The monoisotopic (exact) mass is 178 g/mol. The largest absolute Gasteiger partial charge is 0.454 e. The average Bonchev–Trinajstić information content (AvgIpc) is 2.47. The van der Waals surface area contributed by atoms with Gasteiger partial charge in [0.2, 0.25) is 6.79 Å². The van der Waals surface area contributed by atoms with E-state index in [1.807, 2.05) is 12.2 Å². The lowest BCUT2D eigenvalue weighted by Crippen LogP contribution is -2.08. The summed E-state index contributed by atoms with van der Waals surface area (Å²) in [7, 11) is 0. The highest BCUT2D eigenvalue weighted by Gasteiger charge is 2.24. The third kappa shape index (κ3) is 1.48. The Bertz CT molecular complexity index is 299. The van der Waals surface area contributed by atoms with Crippen LogP contribution < -0.4 is 0 Å². The van der Waals surface area contributed by atoms with E-state index in [4.69, 9.17) is 9.47 Å². The molecule has 2 nitrogen and oxygen atoms in total. The molecule has 0 amide bonds. The average molecular weight is 178 g/mol. The van der Waals surface area contributed by atoms with Crippen molar-refractivity contribution in [1.82, 2.24) is 0 Å². The topological polar surface area (TPSA) is 18.5 Å². The van der Waals surface area contributed by atoms with Crippen LogP contribution in [0.3, 0.4) is 0 Å². The Morgan fingerprint density at radius 2 is 2.15 bits per heavy atom. The van der Waals surface area contributed by atoms with Gasteiger partial charge in [-0.05, 0) is 18.6 Å². The Balaban J connectivity index is 2.37. The van der Waals surface area contributed by atoms with Crippen LogP contribution >= 0.6 is 0 Å². The van der Waals surface area contributed by atoms with Gasteiger partial charge in [-0.25, -0.2) is 0 Å². The van der Waals surface area contributed by atoms with Crippen LogP contribution in [-0.4, -0.2) is 6.79 Å². The molecule has 13 heavy (non-hydrogen) atoms. The Morgan fingerprint density at radius 3 is 2.92 bits per heavy atom. The fourth-order valence-electron chi connectivity index (χ4n) is 1.46. The first-order valence-corrected chi connectivity index (χ1v) is 4.62. The van der Waals surface area contributed by atoms with Crippen molar-refractivity contribution in [2.75, 3.05) is 6.79 Å². The first-order chi connectivity index (χ1) is 6.23. The van der Waals surface area contributed by atoms with Crippen LogP contribution in [-0.2, 0) is 9.47 Å². The minimum absolute atomic E-state index is 0.0985. The molecule has 0 spiro atoms. The standard InChI is InChI=1S/C11H14O2/c1-3-11(2)6-4-5-9-10(7-11)13-8-12-9/h4-7H,3,8H2,1-2H3. The lowest BCUT2D eigenvalue weighted by molar-refractivity contribution is 0.0968. The van der Waals surface area contributed by atoms with Crippen LogP contribution in [0.5, 0.6) is 0 Å². The van der Waals surface area contributed by atoms with Crippen molar-refractivity contribution >= 4 is 0 Å². The normalized spacial score (nSPS) is 30.9. The van der Waals surface area contributed by atoms with Crippen LogP contribution in [0.4, 0.5) is 0 Å². The Kier molecular flexibility index (Phi) is 1.91. The van der Waals surface area contributed by atoms with Gasteiger partial charge in [0.15, 0.2) is 11.5 Å². The Morgan fingerprint density at radius 1 is 1.38 bits per heavy atom. The van der Waals surface area contributed by atoms with Crippen LogP contribution in [0.2, 0.25) is 0 Å². The quantitative estimate of drug-likeness (QED) is 0.614. The minimum atomic E-state index is 0.0985. The van der Waals surface area contributed by atoms with E-state index in [1.165, 1.54) is 0 Å². The minimum Gasteiger partial charge on any atom is -0.454 e.